The summed E-state index contributed by atoms with van der Waals surface area (Å²) >= 11 is 1.50. The molecular weight excluding hydrogens is 284 g/mol. The van der Waals surface area contributed by atoms with E-state index in [1.54, 1.807) is 13.2 Å². The van der Waals surface area contributed by atoms with Crippen LogP contribution in [-0.2, 0) is 21.3 Å². The molecule has 7 heteroatoms. The summed E-state index contributed by atoms with van der Waals surface area (Å²) in [4.78, 5) is 2.22. The molecule has 1 aromatic rings. The smallest absolute Gasteiger partial charge is 0.241 e. The van der Waals surface area contributed by atoms with E-state index in [-0.39, 0.29) is 5.92 Å². The van der Waals surface area contributed by atoms with E-state index >= 15 is 0 Å². The number of nitrogens with one attached hydrogen (secondary N) is 2. The van der Waals surface area contributed by atoms with Crippen molar-refractivity contribution in [3.8, 4) is 0 Å². The zero-order valence-electron chi connectivity index (χ0n) is 11.8. The molecule has 0 saturated carbocycles. The molecule has 110 valence electrons. The maximum atomic E-state index is 12.2. The average molecular weight is 306 g/mol. The molecule has 5 nitrogen and oxygen atoms in total. The molecule has 0 aromatic carbocycles. The van der Waals surface area contributed by atoms with E-state index < -0.39 is 10.0 Å². The predicted octanol–water partition coefficient (Wildman–Crippen LogP) is 1.34. The zero-order valence-corrected chi connectivity index (χ0v) is 13.5. The molecule has 1 heterocycles. The molecule has 0 aliphatic carbocycles. The van der Waals surface area contributed by atoms with Gasteiger partial charge in [-0.05, 0) is 26.0 Å². The van der Waals surface area contributed by atoms with Gasteiger partial charge in [0.2, 0.25) is 10.0 Å². The van der Waals surface area contributed by atoms with Crippen molar-refractivity contribution in [1.82, 2.24) is 10.0 Å². The number of ether oxygens (including phenoxy) is 1. The maximum absolute atomic E-state index is 12.2. The molecule has 0 bridgehead atoms. The van der Waals surface area contributed by atoms with Crippen molar-refractivity contribution in [1.29, 1.82) is 0 Å². The minimum atomic E-state index is -3.42. The molecule has 0 amide bonds. The van der Waals surface area contributed by atoms with Crippen LogP contribution in [0.15, 0.2) is 11.0 Å². The molecule has 1 atom stereocenters. The van der Waals surface area contributed by atoms with Gasteiger partial charge >= 0.3 is 0 Å². The summed E-state index contributed by atoms with van der Waals surface area (Å²) in [7, 11) is 0.0256. The van der Waals surface area contributed by atoms with E-state index in [1.165, 1.54) is 11.3 Å². The molecule has 2 N–H and O–H groups in total. The Morgan fingerprint density at radius 2 is 2.16 bits per heavy atom. The van der Waals surface area contributed by atoms with E-state index in [1.807, 2.05) is 20.9 Å². The number of aryl methyl sites for hydroxylation is 1. The molecule has 0 fully saturated rings. The van der Waals surface area contributed by atoms with Crippen molar-refractivity contribution in [3.63, 3.8) is 0 Å². The first kappa shape index (κ1) is 16.6. The van der Waals surface area contributed by atoms with Crippen molar-refractivity contribution in [2.75, 3.05) is 27.3 Å². The first-order chi connectivity index (χ1) is 8.90. The van der Waals surface area contributed by atoms with E-state index in [0.29, 0.717) is 24.6 Å². The second kappa shape index (κ2) is 7.35. The van der Waals surface area contributed by atoms with Gasteiger partial charge in [-0.3, -0.25) is 0 Å². The van der Waals surface area contributed by atoms with Crippen LogP contribution < -0.4 is 10.0 Å². The lowest BCUT2D eigenvalue weighted by molar-refractivity contribution is 0.161. The number of methoxy groups -OCH3 is 1. The highest BCUT2D eigenvalue weighted by Gasteiger charge is 2.20. The van der Waals surface area contributed by atoms with Gasteiger partial charge in [0, 0.05) is 36.6 Å². The van der Waals surface area contributed by atoms with Crippen molar-refractivity contribution in [3.05, 3.63) is 15.8 Å². The standard InChI is InChI=1S/C12H22N2O3S2/c1-9(8-17-4)6-14-19(15,16)12-5-11(7-13-3)18-10(12)2/h5,9,13-14H,6-8H2,1-4H3. The molecule has 1 rings (SSSR count). The van der Waals surface area contributed by atoms with Gasteiger partial charge in [-0.15, -0.1) is 11.3 Å². The summed E-state index contributed by atoms with van der Waals surface area (Å²) in [5.41, 5.74) is 0. The number of rotatable bonds is 8. The molecule has 1 unspecified atom stereocenters. The minimum absolute atomic E-state index is 0.149. The van der Waals surface area contributed by atoms with Crippen LogP contribution in [0.2, 0.25) is 0 Å². The van der Waals surface area contributed by atoms with Gasteiger partial charge in [0.1, 0.15) is 0 Å². The third-order valence-corrected chi connectivity index (χ3v) is 5.37. The second-order valence-corrected chi connectivity index (χ2v) is 7.65. The van der Waals surface area contributed by atoms with E-state index in [9.17, 15) is 8.42 Å². The number of hydrogen-bond donors (Lipinski definition) is 2. The van der Waals surface area contributed by atoms with Gasteiger partial charge in [-0.1, -0.05) is 6.92 Å². The van der Waals surface area contributed by atoms with Gasteiger partial charge in [0.05, 0.1) is 4.90 Å². The summed E-state index contributed by atoms with van der Waals surface area (Å²) in [6.45, 7) is 5.37. The predicted molar refractivity (Wildman–Crippen MR) is 78.0 cm³/mol. The Bertz CT molecular complexity index is 497. The minimum Gasteiger partial charge on any atom is -0.384 e. The molecule has 1 aromatic heterocycles. The van der Waals surface area contributed by atoms with E-state index in [4.69, 9.17) is 4.74 Å². The van der Waals surface area contributed by atoms with Crippen LogP contribution in [0.1, 0.15) is 16.7 Å². The summed E-state index contributed by atoms with van der Waals surface area (Å²) < 4.78 is 32.1. The Hall–Kier alpha value is -0.470. The Kier molecular flexibility index (Phi) is 6.41. The van der Waals surface area contributed by atoms with Crippen molar-refractivity contribution in [2.45, 2.75) is 25.3 Å². The molecule has 0 saturated heterocycles. The van der Waals surface area contributed by atoms with Crippen LogP contribution in [0.5, 0.6) is 0 Å². The third-order valence-electron chi connectivity index (χ3n) is 2.64. The summed E-state index contributed by atoms with van der Waals surface area (Å²) in [5.74, 6) is 0.149. The first-order valence-electron chi connectivity index (χ1n) is 6.13. The summed E-state index contributed by atoms with van der Waals surface area (Å²) in [5, 5.41) is 3.02. The SMILES string of the molecule is CNCc1cc(S(=O)(=O)NCC(C)COC)c(C)s1. The molecule has 0 aliphatic heterocycles. The Balaban J connectivity index is 2.76. The van der Waals surface area contributed by atoms with Gasteiger partial charge in [0.25, 0.3) is 0 Å². The summed E-state index contributed by atoms with van der Waals surface area (Å²) in [6, 6.07) is 1.74. The fraction of sp³-hybridized carbons (Fsp3) is 0.667. The quantitative estimate of drug-likeness (QED) is 0.760. The maximum Gasteiger partial charge on any atom is 0.241 e. The number of sulfonamides is 1. The van der Waals surface area contributed by atoms with Gasteiger partial charge in [-0.25, -0.2) is 13.1 Å². The van der Waals surface area contributed by atoms with Crippen LogP contribution in [0.3, 0.4) is 0 Å². The van der Waals surface area contributed by atoms with Crippen molar-refractivity contribution >= 4 is 21.4 Å². The van der Waals surface area contributed by atoms with Gasteiger partial charge in [0.15, 0.2) is 0 Å². The summed E-state index contributed by atoms with van der Waals surface area (Å²) in [6.07, 6.45) is 0. The fourth-order valence-electron chi connectivity index (χ4n) is 1.73. The van der Waals surface area contributed by atoms with Gasteiger partial charge in [-0.2, -0.15) is 0 Å². The zero-order chi connectivity index (χ0) is 14.5. The highest BCUT2D eigenvalue weighted by Crippen LogP contribution is 2.25. The highest BCUT2D eigenvalue weighted by atomic mass is 32.2. The van der Waals surface area contributed by atoms with Gasteiger partial charge < -0.3 is 10.1 Å². The molecular formula is C12H22N2O3S2. The average Bonchev–Trinajstić information content (AvgIpc) is 2.70. The monoisotopic (exact) mass is 306 g/mol. The topological polar surface area (TPSA) is 67.4 Å². The number of hydrogen-bond acceptors (Lipinski definition) is 5. The second-order valence-electron chi connectivity index (χ2n) is 4.58. The normalized spacial score (nSPS) is 13.7. The number of thiophene rings is 1. The first-order valence-corrected chi connectivity index (χ1v) is 8.43. The van der Waals surface area contributed by atoms with Crippen LogP contribution >= 0.6 is 11.3 Å². The lowest BCUT2D eigenvalue weighted by Crippen LogP contribution is -2.30. The molecule has 0 spiro atoms. The van der Waals surface area contributed by atoms with Crippen LogP contribution in [0, 0.1) is 12.8 Å². The van der Waals surface area contributed by atoms with Crippen molar-refractivity contribution in [2.24, 2.45) is 5.92 Å². The van der Waals surface area contributed by atoms with E-state index in [0.717, 1.165) is 9.75 Å². The Labute approximate surface area is 119 Å². The molecule has 19 heavy (non-hydrogen) atoms. The van der Waals surface area contributed by atoms with Crippen LogP contribution in [0.4, 0.5) is 0 Å². The van der Waals surface area contributed by atoms with Crippen molar-refractivity contribution < 1.29 is 13.2 Å². The largest absolute Gasteiger partial charge is 0.384 e. The third kappa shape index (κ3) is 4.85. The highest BCUT2D eigenvalue weighted by molar-refractivity contribution is 7.89. The van der Waals surface area contributed by atoms with Crippen LogP contribution in [0.25, 0.3) is 0 Å². The molecule has 0 radical (unpaired) electrons. The van der Waals surface area contributed by atoms with E-state index in [2.05, 4.69) is 10.0 Å². The Morgan fingerprint density at radius 3 is 2.74 bits per heavy atom. The Morgan fingerprint density at radius 1 is 1.47 bits per heavy atom. The molecule has 0 aliphatic rings. The fourth-order valence-corrected chi connectivity index (χ4v) is 4.54. The lowest BCUT2D eigenvalue weighted by Gasteiger charge is -2.11. The van der Waals surface area contributed by atoms with Crippen LogP contribution in [-0.4, -0.2) is 35.7 Å². The lowest BCUT2D eigenvalue weighted by atomic mass is 10.2.